The lowest BCUT2D eigenvalue weighted by atomic mass is 9.93. The number of likely N-dealkylation sites (N-methyl/N-ethyl adjacent to an activating group) is 1. The monoisotopic (exact) mass is 374 g/mol. The Morgan fingerprint density at radius 1 is 1.07 bits per heavy atom. The molecule has 0 aliphatic carbocycles. The number of benzene rings is 1. The maximum atomic E-state index is 12.5. The zero-order valence-electron chi connectivity index (χ0n) is 16.3. The van der Waals surface area contributed by atoms with Gasteiger partial charge in [-0.25, -0.2) is 4.79 Å². The van der Waals surface area contributed by atoms with E-state index in [0.717, 1.165) is 44.7 Å². The summed E-state index contributed by atoms with van der Waals surface area (Å²) < 4.78 is 5.19. The van der Waals surface area contributed by atoms with Crippen LogP contribution in [0, 0.1) is 5.92 Å². The van der Waals surface area contributed by atoms with Crippen molar-refractivity contribution in [2.45, 2.75) is 19.3 Å². The molecule has 0 radical (unpaired) electrons. The van der Waals surface area contributed by atoms with Crippen LogP contribution in [-0.4, -0.2) is 80.1 Å². The Hall–Kier alpha value is -2.28. The van der Waals surface area contributed by atoms with Gasteiger partial charge in [-0.3, -0.25) is 4.79 Å². The Bertz CT molecular complexity index is 650. The number of urea groups is 1. The third-order valence-electron chi connectivity index (χ3n) is 5.54. The maximum Gasteiger partial charge on any atom is 0.321 e. The zero-order valence-corrected chi connectivity index (χ0v) is 16.3. The number of nitrogens with zero attached hydrogens (tertiary/aromatic N) is 3. The number of hydrogen-bond donors (Lipinski definition) is 1. The number of ether oxygens (including phenoxy) is 1. The molecule has 0 saturated carbocycles. The molecule has 2 aliphatic rings. The van der Waals surface area contributed by atoms with E-state index in [-0.39, 0.29) is 11.9 Å². The molecule has 2 heterocycles. The summed E-state index contributed by atoms with van der Waals surface area (Å²) >= 11 is 0. The summed E-state index contributed by atoms with van der Waals surface area (Å²) in [5.74, 6) is 1.36. The van der Waals surface area contributed by atoms with Crippen LogP contribution in [0.25, 0.3) is 0 Å². The van der Waals surface area contributed by atoms with E-state index < -0.39 is 0 Å². The lowest BCUT2D eigenvalue weighted by molar-refractivity contribution is -0.134. The first-order valence-electron chi connectivity index (χ1n) is 9.71. The lowest BCUT2D eigenvalue weighted by Gasteiger charge is -2.35. The number of nitrogens with one attached hydrogen (secondary N) is 1. The van der Waals surface area contributed by atoms with Crippen LogP contribution in [0.4, 0.5) is 10.5 Å². The van der Waals surface area contributed by atoms with Crippen molar-refractivity contribution < 1.29 is 14.3 Å². The maximum absolute atomic E-state index is 12.5. The Kier molecular flexibility index (Phi) is 6.55. The topological polar surface area (TPSA) is 65.1 Å². The SMILES string of the molecule is COc1cccc(NC(=O)N2CCC(CC(=O)N3CCN(C)CC3)CC2)c1. The van der Waals surface area contributed by atoms with Crippen LogP contribution < -0.4 is 10.1 Å². The highest BCUT2D eigenvalue weighted by atomic mass is 16.5. The van der Waals surface area contributed by atoms with Gasteiger partial charge in [0.15, 0.2) is 0 Å². The second-order valence-electron chi connectivity index (χ2n) is 7.48. The number of hydrogen-bond acceptors (Lipinski definition) is 4. The van der Waals surface area contributed by atoms with Crippen molar-refractivity contribution >= 4 is 17.6 Å². The minimum Gasteiger partial charge on any atom is -0.497 e. The van der Waals surface area contributed by atoms with E-state index >= 15 is 0 Å². The van der Waals surface area contributed by atoms with Crippen LogP contribution in [0.15, 0.2) is 24.3 Å². The quantitative estimate of drug-likeness (QED) is 0.877. The van der Waals surface area contributed by atoms with Gasteiger partial charge < -0.3 is 24.8 Å². The summed E-state index contributed by atoms with van der Waals surface area (Å²) in [5.41, 5.74) is 0.728. The number of rotatable bonds is 4. The molecule has 3 amide bonds. The largest absolute Gasteiger partial charge is 0.497 e. The highest BCUT2D eigenvalue weighted by Crippen LogP contribution is 2.23. The smallest absolute Gasteiger partial charge is 0.321 e. The zero-order chi connectivity index (χ0) is 19.2. The normalized spacial score (nSPS) is 19.0. The number of amides is 3. The molecule has 2 saturated heterocycles. The lowest BCUT2D eigenvalue weighted by Crippen LogP contribution is -2.48. The van der Waals surface area contributed by atoms with Gasteiger partial charge in [0, 0.05) is 57.4 Å². The number of likely N-dealkylation sites (tertiary alicyclic amines) is 1. The third-order valence-corrected chi connectivity index (χ3v) is 5.54. The Morgan fingerprint density at radius 2 is 1.78 bits per heavy atom. The highest BCUT2D eigenvalue weighted by Gasteiger charge is 2.27. The first-order valence-corrected chi connectivity index (χ1v) is 9.71. The van der Waals surface area contributed by atoms with Crippen molar-refractivity contribution in [2.24, 2.45) is 5.92 Å². The molecule has 1 aromatic rings. The summed E-state index contributed by atoms with van der Waals surface area (Å²) in [5, 5.41) is 2.92. The molecule has 7 heteroatoms. The molecule has 7 nitrogen and oxygen atoms in total. The van der Waals surface area contributed by atoms with E-state index in [1.165, 1.54) is 0 Å². The van der Waals surface area contributed by atoms with Crippen LogP contribution in [0.5, 0.6) is 5.75 Å². The average Bonchev–Trinajstić information content (AvgIpc) is 2.69. The first-order chi connectivity index (χ1) is 13.0. The Balaban J connectivity index is 1.42. The van der Waals surface area contributed by atoms with Gasteiger partial charge in [-0.1, -0.05) is 6.07 Å². The molecule has 0 atom stereocenters. The third kappa shape index (κ3) is 5.35. The standard InChI is InChI=1S/C20H30N4O3/c1-22-10-12-23(13-11-22)19(25)14-16-6-8-24(9-7-16)20(26)21-17-4-3-5-18(15-17)27-2/h3-5,15-16H,6-14H2,1-2H3,(H,21,26). The summed E-state index contributed by atoms with van der Waals surface area (Å²) in [4.78, 5) is 31.0. The molecule has 2 fully saturated rings. The van der Waals surface area contributed by atoms with Crippen molar-refractivity contribution in [1.29, 1.82) is 0 Å². The van der Waals surface area contributed by atoms with Crippen molar-refractivity contribution in [3.63, 3.8) is 0 Å². The van der Waals surface area contributed by atoms with E-state index in [0.29, 0.717) is 31.2 Å². The Morgan fingerprint density at radius 3 is 2.44 bits per heavy atom. The van der Waals surface area contributed by atoms with Crippen LogP contribution in [0.3, 0.4) is 0 Å². The molecule has 0 spiro atoms. The van der Waals surface area contributed by atoms with Gasteiger partial charge in [-0.15, -0.1) is 0 Å². The molecular formula is C20H30N4O3. The molecule has 2 aliphatic heterocycles. The van der Waals surface area contributed by atoms with Gasteiger partial charge in [0.05, 0.1) is 7.11 Å². The number of piperidine rings is 1. The van der Waals surface area contributed by atoms with E-state index in [2.05, 4.69) is 17.3 Å². The summed E-state index contributed by atoms with van der Waals surface area (Å²) in [6.07, 6.45) is 2.37. The second kappa shape index (κ2) is 9.08. The van der Waals surface area contributed by atoms with Gasteiger partial charge in [0.25, 0.3) is 0 Å². The molecule has 0 bridgehead atoms. The number of carbonyl (C=O) groups excluding carboxylic acids is 2. The van der Waals surface area contributed by atoms with Crippen molar-refractivity contribution in [1.82, 2.24) is 14.7 Å². The molecule has 27 heavy (non-hydrogen) atoms. The van der Waals surface area contributed by atoms with E-state index in [4.69, 9.17) is 4.74 Å². The molecular weight excluding hydrogens is 344 g/mol. The fourth-order valence-corrected chi connectivity index (χ4v) is 3.68. The van der Waals surface area contributed by atoms with E-state index in [1.54, 1.807) is 13.2 Å². The van der Waals surface area contributed by atoms with Crippen molar-refractivity contribution in [3.8, 4) is 5.75 Å². The predicted octanol–water partition coefficient (Wildman–Crippen LogP) is 2.10. The van der Waals surface area contributed by atoms with Crippen LogP contribution >= 0.6 is 0 Å². The minimum absolute atomic E-state index is 0.0907. The molecule has 1 N–H and O–H groups in total. The number of carbonyl (C=O) groups is 2. The minimum atomic E-state index is -0.0907. The summed E-state index contributed by atoms with van der Waals surface area (Å²) in [6, 6.07) is 7.26. The fourth-order valence-electron chi connectivity index (χ4n) is 3.68. The van der Waals surface area contributed by atoms with E-state index in [9.17, 15) is 9.59 Å². The van der Waals surface area contributed by atoms with Gasteiger partial charge in [-0.05, 0) is 37.9 Å². The van der Waals surface area contributed by atoms with Gasteiger partial charge >= 0.3 is 6.03 Å². The van der Waals surface area contributed by atoms with Gasteiger partial charge in [0.2, 0.25) is 5.91 Å². The highest BCUT2D eigenvalue weighted by molar-refractivity contribution is 5.89. The molecule has 0 aromatic heterocycles. The molecule has 1 aromatic carbocycles. The molecule has 3 rings (SSSR count). The van der Waals surface area contributed by atoms with Crippen LogP contribution in [-0.2, 0) is 4.79 Å². The molecule has 148 valence electrons. The van der Waals surface area contributed by atoms with Crippen LogP contribution in [0.1, 0.15) is 19.3 Å². The van der Waals surface area contributed by atoms with Gasteiger partial charge in [0.1, 0.15) is 5.75 Å². The number of piperazine rings is 1. The van der Waals surface area contributed by atoms with Crippen molar-refractivity contribution in [3.05, 3.63) is 24.3 Å². The molecule has 0 unspecified atom stereocenters. The summed E-state index contributed by atoms with van der Waals surface area (Å²) in [6.45, 7) is 4.95. The second-order valence-corrected chi connectivity index (χ2v) is 7.48. The number of anilines is 1. The first kappa shape index (κ1) is 19.5. The van der Waals surface area contributed by atoms with Gasteiger partial charge in [-0.2, -0.15) is 0 Å². The summed E-state index contributed by atoms with van der Waals surface area (Å²) in [7, 11) is 3.70. The van der Waals surface area contributed by atoms with Crippen LogP contribution in [0.2, 0.25) is 0 Å². The Labute approximate surface area is 161 Å². The average molecular weight is 374 g/mol. The van der Waals surface area contributed by atoms with E-state index in [1.807, 2.05) is 28.0 Å². The predicted molar refractivity (Wildman–Crippen MR) is 105 cm³/mol. The fraction of sp³-hybridized carbons (Fsp3) is 0.600. The van der Waals surface area contributed by atoms with Crippen molar-refractivity contribution in [2.75, 3.05) is 58.7 Å². The number of methoxy groups -OCH3 is 1.